The number of anilines is 1. The van der Waals surface area contributed by atoms with Gasteiger partial charge >= 0.3 is 7.82 Å². The van der Waals surface area contributed by atoms with Crippen LogP contribution in [0.5, 0.6) is 0 Å². The Hall–Kier alpha value is -0.940. The van der Waals surface area contributed by atoms with Crippen molar-refractivity contribution >= 4 is 13.5 Å². The summed E-state index contributed by atoms with van der Waals surface area (Å²) in [6.45, 7) is 0. The van der Waals surface area contributed by atoms with Crippen LogP contribution in [0.3, 0.4) is 0 Å². The summed E-state index contributed by atoms with van der Waals surface area (Å²) >= 11 is 0. The molecule has 0 aromatic carbocycles. The van der Waals surface area contributed by atoms with Crippen LogP contribution >= 0.6 is 7.82 Å². The molecule has 1 heterocycles. The fraction of sp³-hybridized carbons (Fsp3) is 0. The number of pyridine rings is 1. The minimum absolute atomic E-state index is 0.759. The lowest BCUT2D eigenvalue weighted by molar-refractivity contribution is 0.275. The highest BCUT2D eigenvalue weighted by Gasteiger charge is 2.00. The van der Waals surface area contributed by atoms with Gasteiger partial charge in [0.25, 0.3) is 0 Å². The van der Waals surface area contributed by atoms with E-state index in [1.807, 2.05) is 0 Å². The lowest BCUT2D eigenvalue weighted by Gasteiger charge is -1.83. The molecule has 68 valence electrons. The van der Waals surface area contributed by atoms with Crippen LogP contribution in [0.4, 0.5) is 5.69 Å². The Kier molecular flexibility index (Phi) is 4.46. The fourth-order valence-corrected chi connectivity index (χ4v) is 0.363. The molecule has 0 aliphatic carbocycles. The van der Waals surface area contributed by atoms with Crippen LogP contribution in [0, 0.1) is 0 Å². The van der Waals surface area contributed by atoms with E-state index in [4.69, 9.17) is 25.0 Å². The Morgan fingerprint density at radius 2 is 1.58 bits per heavy atom. The number of hydrogen-bond donors (Lipinski definition) is 4. The van der Waals surface area contributed by atoms with Gasteiger partial charge in [0.15, 0.2) is 0 Å². The Morgan fingerprint density at radius 1 is 1.25 bits per heavy atom. The Morgan fingerprint density at radius 3 is 1.75 bits per heavy atom. The van der Waals surface area contributed by atoms with Crippen LogP contribution in [0.2, 0.25) is 0 Å². The van der Waals surface area contributed by atoms with E-state index in [-0.39, 0.29) is 0 Å². The molecular formula is C5H9N2O4P. The topological polar surface area (TPSA) is 117 Å². The predicted octanol–water partition coefficient (Wildman–Crippen LogP) is -0.265. The zero-order chi connectivity index (χ0) is 9.61. The van der Waals surface area contributed by atoms with Gasteiger partial charge in [-0.1, -0.05) is 0 Å². The molecule has 0 aliphatic heterocycles. The number of aromatic nitrogens is 1. The van der Waals surface area contributed by atoms with Gasteiger partial charge in [0.2, 0.25) is 0 Å². The molecule has 1 rings (SSSR count). The molecule has 7 heteroatoms. The van der Waals surface area contributed by atoms with Gasteiger partial charge in [-0.05, 0) is 12.1 Å². The van der Waals surface area contributed by atoms with Gasteiger partial charge in [0.1, 0.15) is 0 Å². The van der Waals surface area contributed by atoms with Crippen molar-refractivity contribution in [2.45, 2.75) is 0 Å². The summed E-state index contributed by atoms with van der Waals surface area (Å²) < 4.78 is 8.88. The number of hydrogen-bond acceptors (Lipinski definition) is 3. The van der Waals surface area contributed by atoms with E-state index >= 15 is 0 Å². The minimum atomic E-state index is -4.64. The average molecular weight is 192 g/mol. The second kappa shape index (κ2) is 4.84. The molecule has 0 aliphatic rings. The zero-order valence-corrected chi connectivity index (χ0v) is 6.93. The van der Waals surface area contributed by atoms with Gasteiger partial charge in [-0.2, -0.15) is 0 Å². The quantitative estimate of drug-likeness (QED) is 0.420. The van der Waals surface area contributed by atoms with Crippen molar-refractivity contribution in [3.05, 3.63) is 24.5 Å². The summed E-state index contributed by atoms with van der Waals surface area (Å²) in [7, 11) is -4.64. The second-order valence-electron chi connectivity index (χ2n) is 1.79. The summed E-state index contributed by atoms with van der Waals surface area (Å²) in [6, 6.07) is 3.50. The van der Waals surface area contributed by atoms with Crippen molar-refractivity contribution in [3.63, 3.8) is 0 Å². The lowest BCUT2D eigenvalue weighted by Crippen LogP contribution is -1.81. The van der Waals surface area contributed by atoms with Gasteiger partial charge in [-0.3, -0.25) is 4.98 Å². The lowest BCUT2D eigenvalue weighted by atomic mass is 10.4. The van der Waals surface area contributed by atoms with E-state index in [9.17, 15) is 0 Å². The Bertz CT molecular complexity index is 251. The summed E-state index contributed by atoms with van der Waals surface area (Å²) in [5.41, 5.74) is 6.08. The number of nitrogens with two attached hydrogens (primary N) is 1. The van der Waals surface area contributed by atoms with Crippen LogP contribution < -0.4 is 5.73 Å². The SMILES string of the molecule is Nc1ccncc1.O=P(O)(O)O. The van der Waals surface area contributed by atoms with Crippen molar-refractivity contribution in [1.29, 1.82) is 0 Å². The van der Waals surface area contributed by atoms with Crippen LogP contribution in [0.1, 0.15) is 0 Å². The van der Waals surface area contributed by atoms with Crippen molar-refractivity contribution < 1.29 is 19.2 Å². The zero-order valence-electron chi connectivity index (χ0n) is 6.03. The Balaban J connectivity index is 0.000000217. The van der Waals surface area contributed by atoms with E-state index < -0.39 is 7.82 Å². The minimum Gasteiger partial charge on any atom is -0.399 e. The van der Waals surface area contributed by atoms with Crippen LogP contribution in [-0.4, -0.2) is 19.7 Å². The van der Waals surface area contributed by atoms with Crippen LogP contribution in [0.25, 0.3) is 0 Å². The average Bonchev–Trinajstić information content (AvgIpc) is 1.85. The van der Waals surface area contributed by atoms with E-state index in [1.54, 1.807) is 24.5 Å². The molecule has 0 radical (unpaired) electrons. The highest BCUT2D eigenvalue weighted by atomic mass is 31.2. The normalized spacial score (nSPS) is 9.92. The number of nitrogen functional groups attached to an aromatic ring is 1. The molecule has 0 fully saturated rings. The first-order valence-electron chi connectivity index (χ1n) is 2.83. The molecule has 5 N–H and O–H groups in total. The first kappa shape index (κ1) is 11.1. The monoisotopic (exact) mass is 192 g/mol. The van der Waals surface area contributed by atoms with Crippen molar-refractivity contribution in [3.8, 4) is 0 Å². The van der Waals surface area contributed by atoms with E-state index in [1.165, 1.54) is 0 Å². The van der Waals surface area contributed by atoms with Gasteiger partial charge in [-0.25, -0.2) is 4.57 Å². The number of phosphoric acid groups is 1. The third-order valence-corrected chi connectivity index (χ3v) is 0.706. The maximum absolute atomic E-state index is 8.88. The predicted molar refractivity (Wildman–Crippen MR) is 42.9 cm³/mol. The highest BCUT2D eigenvalue weighted by molar-refractivity contribution is 7.45. The first-order chi connectivity index (χ1) is 5.39. The van der Waals surface area contributed by atoms with Gasteiger partial charge in [0, 0.05) is 18.1 Å². The highest BCUT2D eigenvalue weighted by Crippen LogP contribution is 2.25. The summed E-state index contributed by atoms with van der Waals surface area (Å²) in [5.74, 6) is 0. The molecule has 12 heavy (non-hydrogen) atoms. The summed E-state index contributed by atoms with van der Waals surface area (Å²) in [6.07, 6.45) is 3.32. The molecule has 1 aromatic rings. The molecule has 0 amide bonds. The largest absolute Gasteiger partial charge is 0.466 e. The first-order valence-corrected chi connectivity index (χ1v) is 4.40. The van der Waals surface area contributed by atoms with Crippen LogP contribution in [-0.2, 0) is 4.57 Å². The summed E-state index contributed by atoms with van der Waals surface area (Å²) in [5, 5.41) is 0. The molecule has 0 saturated carbocycles. The van der Waals surface area contributed by atoms with Crippen molar-refractivity contribution in [1.82, 2.24) is 4.98 Å². The molecule has 0 atom stereocenters. The van der Waals surface area contributed by atoms with Crippen LogP contribution in [0.15, 0.2) is 24.5 Å². The molecule has 6 nitrogen and oxygen atoms in total. The molecule has 1 aromatic heterocycles. The molecule has 0 spiro atoms. The molecule has 0 bridgehead atoms. The van der Waals surface area contributed by atoms with E-state index in [2.05, 4.69) is 4.98 Å². The smallest absolute Gasteiger partial charge is 0.399 e. The number of rotatable bonds is 0. The van der Waals surface area contributed by atoms with E-state index in [0.29, 0.717) is 0 Å². The Labute approximate surface area is 68.9 Å². The summed E-state index contributed by atoms with van der Waals surface area (Å²) in [4.78, 5) is 25.3. The molecular weight excluding hydrogens is 183 g/mol. The second-order valence-corrected chi connectivity index (χ2v) is 2.82. The van der Waals surface area contributed by atoms with Crippen molar-refractivity contribution in [2.75, 3.05) is 5.73 Å². The molecule has 0 unspecified atom stereocenters. The third-order valence-electron chi connectivity index (χ3n) is 0.706. The maximum atomic E-state index is 8.88. The number of nitrogens with zero attached hydrogens (tertiary/aromatic N) is 1. The van der Waals surface area contributed by atoms with Crippen molar-refractivity contribution in [2.24, 2.45) is 0 Å². The maximum Gasteiger partial charge on any atom is 0.466 e. The van der Waals surface area contributed by atoms with E-state index in [0.717, 1.165) is 5.69 Å². The third kappa shape index (κ3) is 11.8. The standard InChI is InChI=1S/C5H6N2.H3O4P/c6-5-1-3-7-4-2-5;1-5(2,3)4/h1-4H,(H2,6,7);(H3,1,2,3,4). The van der Waals surface area contributed by atoms with Gasteiger partial charge < -0.3 is 20.4 Å². The van der Waals surface area contributed by atoms with Gasteiger partial charge in [-0.15, -0.1) is 0 Å². The molecule has 0 saturated heterocycles. The fourth-order valence-electron chi connectivity index (χ4n) is 0.363. The van der Waals surface area contributed by atoms with Gasteiger partial charge in [0.05, 0.1) is 0 Å².